The molecule has 0 radical (unpaired) electrons. The van der Waals surface area contributed by atoms with Gasteiger partial charge in [-0.25, -0.2) is 8.42 Å². The maximum atomic E-state index is 12.6. The molecule has 0 aliphatic heterocycles. The molecule has 130 valence electrons. The number of anilines is 1. The van der Waals surface area contributed by atoms with E-state index in [1.165, 1.54) is 0 Å². The molecule has 0 aliphatic rings. The Morgan fingerprint density at radius 2 is 1.69 bits per heavy atom. The van der Waals surface area contributed by atoms with Gasteiger partial charge in [-0.2, -0.15) is 5.26 Å². The van der Waals surface area contributed by atoms with Gasteiger partial charge in [-0.3, -0.25) is 4.72 Å². The quantitative estimate of drug-likeness (QED) is 0.725. The summed E-state index contributed by atoms with van der Waals surface area (Å²) in [5.74, 6) is 0.796. The lowest BCUT2D eigenvalue weighted by Gasteiger charge is -2.13. The van der Waals surface area contributed by atoms with Gasteiger partial charge in [-0.05, 0) is 49.4 Å². The summed E-state index contributed by atoms with van der Waals surface area (Å²) in [6, 6.07) is 22.0. The van der Waals surface area contributed by atoms with Gasteiger partial charge in [0.25, 0.3) is 10.0 Å². The smallest absolute Gasteiger partial charge is 0.262 e. The third-order valence-corrected chi connectivity index (χ3v) is 5.04. The van der Waals surface area contributed by atoms with Crippen molar-refractivity contribution in [2.24, 2.45) is 0 Å². The third kappa shape index (κ3) is 4.02. The number of ether oxygens (including phenoxy) is 1. The first kappa shape index (κ1) is 17.5. The summed E-state index contributed by atoms with van der Waals surface area (Å²) in [6.07, 6.45) is 0. The summed E-state index contributed by atoms with van der Waals surface area (Å²) in [6.45, 7) is 1.89. The van der Waals surface area contributed by atoms with E-state index in [4.69, 9.17) is 10.00 Å². The lowest BCUT2D eigenvalue weighted by atomic mass is 10.2. The summed E-state index contributed by atoms with van der Waals surface area (Å²) in [4.78, 5) is 0.171. The average Bonchev–Trinajstić information content (AvgIpc) is 2.64. The fourth-order valence-electron chi connectivity index (χ4n) is 2.32. The zero-order valence-electron chi connectivity index (χ0n) is 14.0. The zero-order chi connectivity index (χ0) is 18.6. The van der Waals surface area contributed by atoms with Gasteiger partial charge in [0.05, 0.1) is 22.2 Å². The van der Waals surface area contributed by atoms with Gasteiger partial charge in [0.1, 0.15) is 5.75 Å². The molecule has 0 amide bonds. The van der Waals surface area contributed by atoms with Crippen LogP contribution in [0.15, 0.2) is 77.7 Å². The lowest BCUT2D eigenvalue weighted by molar-refractivity contribution is 0.484. The van der Waals surface area contributed by atoms with Crippen molar-refractivity contribution in [3.05, 3.63) is 83.9 Å². The van der Waals surface area contributed by atoms with E-state index in [1.807, 2.05) is 13.0 Å². The van der Waals surface area contributed by atoms with Gasteiger partial charge >= 0.3 is 0 Å². The van der Waals surface area contributed by atoms with Crippen molar-refractivity contribution in [2.75, 3.05) is 4.72 Å². The highest BCUT2D eigenvalue weighted by Crippen LogP contribution is 2.31. The minimum atomic E-state index is -3.74. The molecule has 0 saturated carbocycles. The maximum absolute atomic E-state index is 12.6. The number of para-hydroxylation sites is 2. The molecule has 5 nitrogen and oxygen atoms in total. The summed E-state index contributed by atoms with van der Waals surface area (Å²) >= 11 is 0. The predicted molar refractivity (Wildman–Crippen MR) is 99.7 cm³/mol. The monoisotopic (exact) mass is 364 g/mol. The molecule has 0 fully saturated rings. The Morgan fingerprint density at radius 1 is 0.962 bits per heavy atom. The molecule has 3 aromatic carbocycles. The molecular formula is C20H16N2O3S. The van der Waals surface area contributed by atoms with E-state index in [9.17, 15) is 8.42 Å². The Labute approximate surface area is 152 Å². The molecular weight excluding hydrogens is 348 g/mol. The van der Waals surface area contributed by atoms with Crippen LogP contribution in [0.5, 0.6) is 11.5 Å². The second kappa shape index (κ2) is 7.30. The van der Waals surface area contributed by atoms with Crippen molar-refractivity contribution in [1.29, 1.82) is 5.26 Å². The van der Waals surface area contributed by atoms with E-state index in [0.717, 1.165) is 5.56 Å². The highest BCUT2D eigenvalue weighted by Gasteiger charge is 2.16. The molecule has 0 aromatic heterocycles. The number of nitriles is 1. The molecule has 3 aromatic rings. The first-order chi connectivity index (χ1) is 12.5. The maximum Gasteiger partial charge on any atom is 0.262 e. The topological polar surface area (TPSA) is 79.2 Å². The second-order valence-corrected chi connectivity index (χ2v) is 7.34. The number of rotatable bonds is 5. The second-order valence-electron chi connectivity index (χ2n) is 5.66. The molecule has 0 heterocycles. The molecule has 0 unspecified atom stereocenters. The fourth-order valence-corrected chi connectivity index (χ4v) is 3.39. The van der Waals surface area contributed by atoms with Crippen LogP contribution in [0.4, 0.5) is 5.69 Å². The van der Waals surface area contributed by atoms with Crippen molar-refractivity contribution < 1.29 is 13.2 Å². The molecule has 0 aliphatic carbocycles. The number of benzene rings is 3. The van der Waals surface area contributed by atoms with Crippen LogP contribution in [0.25, 0.3) is 0 Å². The minimum absolute atomic E-state index is 0.171. The number of aryl methyl sites for hydroxylation is 1. The van der Waals surface area contributed by atoms with Crippen LogP contribution >= 0.6 is 0 Å². The van der Waals surface area contributed by atoms with Crippen LogP contribution in [0.3, 0.4) is 0 Å². The Morgan fingerprint density at radius 3 is 2.42 bits per heavy atom. The number of sulfonamides is 1. The molecule has 3 rings (SSSR count). The summed E-state index contributed by atoms with van der Waals surface area (Å²) in [5, 5.41) is 8.98. The van der Waals surface area contributed by atoms with Gasteiger partial charge < -0.3 is 4.74 Å². The highest BCUT2D eigenvalue weighted by atomic mass is 32.2. The number of nitrogens with one attached hydrogen (secondary N) is 1. The van der Waals surface area contributed by atoms with Gasteiger partial charge in [-0.15, -0.1) is 0 Å². The van der Waals surface area contributed by atoms with Crippen molar-refractivity contribution in [2.45, 2.75) is 11.8 Å². The number of nitrogens with zero attached hydrogens (tertiary/aromatic N) is 1. The van der Waals surface area contributed by atoms with Crippen LogP contribution in [0.2, 0.25) is 0 Å². The Hall–Kier alpha value is -3.30. The standard InChI is InChI=1S/C20H16N2O3S/c1-15-9-11-18(12-10-15)26(23,24)22-19-7-2-3-8-20(19)25-17-6-4-5-16(13-17)14-21/h2-13,22H,1H3. The van der Waals surface area contributed by atoms with Gasteiger partial charge in [-0.1, -0.05) is 35.9 Å². The van der Waals surface area contributed by atoms with E-state index >= 15 is 0 Å². The van der Waals surface area contributed by atoms with E-state index in [1.54, 1.807) is 72.8 Å². The molecule has 0 saturated heterocycles. The summed E-state index contributed by atoms with van der Waals surface area (Å²) in [5.41, 5.74) is 1.75. The lowest BCUT2D eigenvalue weighted by Crippen LogP contribution is -2.13. The summed E-state index contributed by atoms with van der Waals surface area (Å²) < 4.78 is 33.5. The van der Waals surface area contributed by atoms with E-state index in [0.29, 0.717) is 22.7 Å². The minimum Gasteiger partial charge on any atom is -0.455 e. The van der Waals surface area contributed by atoms with Gasteiger partial charge in [0.15, 0.2) is 5.75 Å². The van der Waals surface area contributed by atoms with E-state index in [2.05, 4.69) is 4.72 Å². The highest BCUT2D eigenvalue weighted by molar-refractivity contribution is 7.92. The predicted octanol–water partition coefficient (Wildman–Crippen LogP) is 4.46. The largest absolute Gasteiger partial charge is 0.455 e. The third-order valence-electron chi connectivity index (χ3n) is 3.65. The number of hydrogen-bond donors (Lipinski definition) is 1. The van der Waals surface area contributed by atoms with Gasteiger partial charge in [0.2, 0.25) is 0 Å². The first-order valence-electron chi connectivity index (χ1n) is 7.84. The van der Waals surface area contributed by atoms with Crippen molar-refractivity contribution >= 4 is 15.7 Å². The zero-order valence-corrected chi connectivity index (χ0v) is 14.8. The molecule has 0 atom stereocenters. The van der Waals surface area contributed by atoms with Crippen molar-refractivity contribution in [3.8, 4) is 17.6 Å². The summed E-state index contributed by atoms with van der Waals surface area (Å²) in [7, 11) is -3.74. The molecule has 6 heteroatoms. The van der Waals surface area contributed by atoms with Crippen LogP contribution < -0.4 is 9.46 Å². The van der Waals surface area contributed by atoms with Crippen LogP contribution in [-0.4, -0.2) is 8.42 Å². The van der Waals surface area contributed by atoms with Crippen LogP contribution in [0, 0.1) is 18.3 Å². The SMILES string of the molecule is Cc1ccc(S(=O)(=O)Nc2ccccc2Oc2cccc(C#N)c2)cc1. The van der Waals surface area contributed by atoms with E-state index < -0.39 is 10.0 Å². The Balaban J connectivity index is 1.89. The molecule has 0 spiro atoms. The average molecular weight is 364 g/mol. The van der Waals surface area contributed by atoms with Crippen molar-refractivity contribution in [3.63, 3.8) is 0 Å². The van der Waals surface area contributed by atoms with Gasteiger partial charge in [0, 0.05) is 0 Å². The Bertz CT molecular complexity index is 1070. The Kier molecular flexibility index (Phi) is 4.92. The number of hydrogen-bond acceptors (Lipinski definition) is 4. The molecule has 0 bridgehead atoms. The van der Waals surface area contributed by atoms with Crippen LogP contribution in [0.1, 0.15) is 11.1 Å². The first-order valence-corrected chi connectivity index (χ1v) is 9.33. The van der Waals surface area contributed by atoms with Crippen LogP contribution in [-0.2, 0) is 10.0 Å². The molecule has 26 heavy (non-hydrogen) atoms. The van der Waals surface area contributed by atoms with Crippen molar-refractivity contribution in [1.82, 2.24) is 0 Å². The normalized spacial score (nSPS) is 10.8. The van der Waals surface area contributed by atoms with E-state index in [-0.39, 0.29) is 4.90 Å². The fraction of sp³-hybridized carbons (Fsp3) is 0.0500. The molecule has 1 N–H and O–H groups in total.